The molecule has 0 aliphatic carbocycles. The molecular weight excluding hydrogens is 460 g/mol. The molecule has 1 amide bonds. The Labute approximate surface area is 189 Å². The van der Waals surface area contributed by atoms with E-state index in [0.717, 1.165) is 21.2 Å². The number of hydrogen-bond acceptors (Lipinski definition) is 6. The third-order valence-electron chi connectivity index (χ3n) is 4.29. The van der Waals surface area contributed by atoms with E-state index in [-0.39, 0.29) is 15.5 Å². The first-order chi connectivity index (χ1) is 14.7. The molecule has 0 unspecified atom stereocenters. The highest BCUT2D eigenvalue weighted by Gasteiger charge is 2.32. The molecule has 0 aliphatic heterocycles. The fourth-order valence-electron chi connectivity index (χ4n) is 2.78. The molecule has 7 nitrogen and oxygen atoms in total. The van der Waals surface area contributed by atoms with Gasteiger partial charge in [0.25, 0.3) is 10.0 Å². The zero-order valence-corrected chi connectivity index (χ0v) is 19.1. The third kappa shape index (κ3) is 5.25. The minimum Gasteiger partial charge on any atom is -0.465 e. The van der Waals surface area contributed by atoms with Crippen LogP contribution in [0.25, 0.3) is 0 Å². The number of esters is 1. The predicted octanol–water partition coefficient (Wildman–Crippen LogP) is 4.33. The van der Waals surface area contributed by atoms with Gasteiger partial charge in [-0.05, 0) is 48.7 Å². The van der Waals surface area contributed by atoms with Gasteiger partial charge < -0.3 is 10.1 Å². The average Bonchev–Trinajstić information content (AvgIpc) is 3.23. The second-order valence-corrected chi connectivity index (χ2v) is 9.69. The lowest BCUT2D eigenvalue weighted by Gasteiger charge is -2.24. The Balaban J connectivity index is 1.99. The van der Waals surface area contributed by atoms with E-state index in [0.29, 0.717) is 10.7 Å². The minimum absolute atomic E-state index is 0.0603. The van der Waals surface area contributed by atoms with E-state index in [1.807, 2.05) is 6.92 Å². The summed E-state index contributed by atoms with van der Waals surface area (Å²) in [6, 6.07) is 14.5. The fraction of sp³-hybridized carbons (Fsp3) is 0.143. The maximum Gasteiger partial charge on any atom is 0.349 e. The molecule has 0 fully saturated rings. The molecule has 0 saturated carbocycles. The predicted molar refractivity (Wildman–Crippen MR) is 121 cm³/mol. The number of aryl methyl sites for hydroxylation is 1. The molecule has 3 rings (SSSR count). The van der Waals surface area contributed by atoms with Gasteiger partial charge in [-0.25, -0.2) is 13.2 Å². The van der Waals surface area contributed by atoms with Crippen molar-refractivity contribution in [2.45, 2.75) is 11.8 Å². The van der Waals surface area contributed by atoms with Crippen LogP contribution in [0.5, 0.6) is 0 Å². The number of halogens is 1. The van der Waals surface area contributed by atoms with Crippen LogP contribution < -0.4 is 9.62 Å². The van der Waals surface area contributed by atoms with E-state index >= 15 is 0 Å². The van der Waals surface area contributed by atoms with Crippen molar-refractivity contribution in [1.29, 1.82) is 0 Å². The van der Waals surface area contributed by atoms with Gasteiger partial charge in [-0.3, -0.25) is 9.10 Å². The maximum absolute atomic E-state index is 13.5. The SMILES string of the molecule is COC(=O)c1sccc1S(=O)(=O)N(CC(=O)Nc1cccc(Cl)c1)c1ccc(C)cc1. The highest BCUT2D eigenvalue weighted by molar-refractivity contribution is 7.93. The zero-order chi connectivity index (χ0) is 22.6. The van der Waals surface area contributed by atoms with Crippen LogP contribution in [-0.2, 0) is 19.6 Å². The number of amides is 1. The van der Waals surface area contributed by atoms with E-state index in [4.69, 9.17) is 16.3 Å². The van der Waals surface area contributed by atoms with E-state index in [2.05, 4.69) is 5.32 Å². The number of thiophene rings is 1. The molecule has 0 spiro atoms. The maximum atomic E-state index is 13.5. The van der Waals surface area contributed by atoms with Gasteiger partial charge in [0.1, 0.15) is 16.3 Å². The molecule has 31 heavy (non-hydrogen) atoms. The molecule has 1 N–H and O–H groups in total. The quantitative estimate of drug-likeness (QED) is 0.510. The molecule has 1 heterocycles. The highest BCUT2D eigenvalue weighted by Crippen LogP contribution is 2.29. The van der Waals surface area contributed by atoms with Gasteiger partial charge in [0, 0.05) is 10.7 Å². The zero-order valence-electron chi connectivity index (χ0n) is 16.7. The number of ether oxygens (including phenoxy) is 1. The molecule has 0 radical (unpaired) electrons. The Morgan fingerprint density at radius 3 is 2.48 bits per heavy atom. The first kappa shape index (κ1) is 22.8. The summed E-state index contributed by atoms with van der Waals surface area (Å²) in [6.07, 6.45) is 0. The van der Waals surface area contributed by atoms with Gasteiger partial charge in [0.05, 0.1) is 12.8 Å². The smallest absolute Gasteiger partial charge is 0.349 e. The summed E-state index contributed by atoms with van der Waals surface area (Å²) in [4.78, 5) is 24.5. The fourth-order valence-corrected chi connectivity index (χ4v) is 5.71. The van der Waals surface area contributed by atoms with Crippen LogP contribution in [-0.4, -0.2) is 33.9 Å². The van der Waals surface area contributed by atoms with Crippen molar-refractivity contribution in [3.8, 4) is 0 Å². The molecule has 0 atom stereocenters. The van der Waals surface area contributed by atoms with Crippen LogP contribution in [0.2, 0.25) is 5.02 Å². The molecule has 2 aromatic carbocycles. The monoisotopic (exact) mass is 478 g/mol. The van der Waals surface area contributed by atoms with Crippen molar-refractivity contribution in [3.63, 3.8) is 0 Å². The van der Waals surface area contributed by atoms with Gasteiger partial charge in [-0.1, -0.05) is 35.4 Å². The van der Waals surface area contributed by atoms with Crippen molar-refractivity contribution in [2.75, 3.05) is 23.3 Å². The topological polar surface area (TPSA) is 92.8 Å². The van der Waals surface area contributed by atoms with Crippen LogP contribution in [0.3, 0.4) is 0 Å². The molecule has 0 saturated heterocycles. The number of carbonyl (C=O) groups excluding carboxylic acids is 2. The van der Waals surface area contributed by atoms with Crippen LogP contribution in [0, 0.1) is 6.92 Å². The van der Waals surface area contributed by atoms with Crippen LogP contribution >= 0.6 is 22.9 Å². The second-order valence-electron chi connectivity index (χ2n) is 6.51. The van der Waals surface area contributed by atoms with Gasteiger partial charge in [0.2, 0.25) is 5.91 Å². The van der Waals surface area contributed by atoms with Crippen molar-refractivity contribution in [3.05, 3.63) is 75.4 Å². The Morgan fingerprint density at radius 2 is 1.84 bits per heavy atom. The van der Waals surface area contributed by atoms with Crippen LogP contribution in [0.1, 0.15) is 15.2 Å². The van der Waals surface area contributed by atoms with E-state index < -0.39 is 28.4 Å². The minimum atomic E-state index is -4.25. The first-order valence-corrected chi connectivity index (χ1v) is 11.7. The summed E-state index contributed by atoms with van der Waals surface area (Å²) >= 11 is 6.90. The molecule has 0 aliphatic rings. The number of rotatable bonds is 7. The Morgan fingerprint density at radius 1 is 1.13 bits per heavy atom. The largest absolute Gasteiger partial charge is 0.465 e. The van der Waals surface area contributed by atoms with Gasteiger partial charge >= 0.3 is 5.97 Å². The highest BCUT2D eigenvalue weighted by atomic mass is 35.5. The molecular formula is C21H19ClN2O5S2. The molecule has 3 aromatic rings. The molecule has 0 bridgehead atoms. The van der Waals surface area contributed by atoms with Crippen molar-refractivity contribution < 1.29 is 22.7 Å². The van der Waals surface area contributed by atoms with Gasteiger partial charge in [-0.15, -0.1) is 11.3 Å². The van der Waals surface area contributed by atoms with Crippen molar-refractivity contribution in [2.24, 2.45) is 0 Å². The van der Waals surface area contributed by atoms with Crippen LogP contribution in [0.15, 0.2) is 64.9 Å². The number of anilines is 2. The number of methoxy groups -OCH3 is 1. The summed E-state index contributed by atoms with van der Waals surface area (Å²) in [7, 11) is -3.07. The first-order valence-electron chi connectivity index (χ1n) is 9.03. The van der Waals surface area contributed by atoms with Crippen molar-refractivity contribution in [1.82, 2.24) is 0 Å². The number of nitrogens with one attached hydrogen (secondary N) is 1. The van der Waals surface area contributed by atoms with Gasteiger partial charge in [-0.2, -0.15) is 0 Å². The molecule has 162 valence electrons. The summed E-state index contributed by atoms with van der Waals surface area (Å²) in [6.45, 7) is 1.36. The standard InChI is InChI=1S/C21H19ClN2O5S2/c1-14-6-8-17(9-7-14)24(13-19(25)23-16-5-3-4-15(22)12-16)31(27,28)18-10-11-30-20(18)21(26)29-2/h3-12H,13H2,1-2H3,(H,23,25). The summed E-state index contributed by atoms with van der Waals surface area (Å²) < 4.78 is 32.6. The lowest BCUT2D eigenvalue weighted by Crippen LogP contribution is -2.38. The van der Waals surface area contributed by atoms with Crippen molar-refractivity contribution >= 4 is 56.2 Å². The summed E-state index contributed by atoms with van der Waals surface area (Å²) in [5.41, 5.74) is 1.65. The lowest BCUT2D eigenvalue weighted by atomic mass is 10.2. The lowest BCUT2D eigenvalue weighted by molar-refractivity contribution is -0.114. The Hall–Kier alpha value is -2.88. The number of hydrogen-bond donors (Lipinski definition) is 1. The average molecular weight is 479 g/mol. The number of sulfonamides is 1. The normalized spacial score (nSPS) is 11.1. The van der Waals surface area contributed by atoms with E-state index in [1.54, 1.807) is 48.5 Å². The van der Waals surface area contributed by atoms with E-state index in [9.17, 15) is 18.0 Å². The van der Waals surface area contributed by atoms with Gasteiger partial charge in [0.15, 0.2) is 0 Å². The summed E-state index contributed by atoms with van der Waals surface area (Å²) in [5.74, 6) is -1.33. The number of carbonyl (C=O) groups is 2. The molecule has 10 heteroatoms. The van der Waals surface area contributed by atoms with E-state index in [1.165, 1.54) is 18.6 Å². The van der Waals surface area contributed by atoms with Crippen LogP contribution in [0.4, 0.5) is 11.4 Å². The third-order valence-corrected chi connectivity index (χ3v) is 7.36. The second kappa shape index (κ2) is 9.51. The Bertz CT molecular complexity index is 1210. The number of nitrogens with zero attached hydrogens (tertiary/aromatic N) is 1. The Kier molecular flexibility index (Phi) is 6.99. The summed E-state index contributed by atoms with van der Waals surface area (Å²) in [5, 5.41) is 4.56. The molecule has 1 aromatic heterocycles. The number of benzene rings is 2.